The van der Waals surface area contributed by atoms with Gasteiger partial charge in [0.1, 0.15) is 5.75 Å². The van der Waals surface area contributed by atoms with Gasteiger partial charge < -0.3 is 9.47 Å². The fraction of sp³-hybridized carbons (Fsp3) is 0.462. The van der Waals surface area contributed by atoms with Crippen molar-refractivity contribution in [3.8, 4) is 5.75 Å². The summed E-state index contributed by atoms with van der Waals surface area (Å²) in [6, 6.07) is 7.42. The van der Waals surface area contributed by atoms with Crippen LogP contribution >= 0.6 is 0 Å². The maximum atomic E-state index is 11.5. The number of rotatable bonds is 5. The third-order valence-corrected chi connectivity index (χ3v) is 2.42. The molecule has 0 saturated carbocycles. The predicted molar refractivity (Wildman–Crippen MR) is 62.5 cm³/mol. The smallest absolute Gasteiger partial charge is 0.310 e. The Morgan fingerprint density at radius 1 is 1.31 bits per heavy atom. The summed E-state index contributed by atoms with van der Waals surface area (Å²) in [6.07, 6.45) is 1.15. The number of ether oxygens (including phenoxy) is 2. The lowest BCUT2D eigenvalue weighted by Gasteiger charge is -2.10. The topological polar surface area (TPSA) is 35.5 Å². The summed E-state index contributed by atoms with van der Waals surface area (Å²) in [4.78, 5) is 11.5. The Balaban J connectivity index is 2.49. The van der Waals surface area contributed by atoms with Crippen molar-refractivity contribution in [1.82, 2.24) is 0 Å². The fourth-order valence-corrected chi connectivity index (χ4v) is 1.26. The van der Waals surface area contributed by atoms with Crippen molar-refractivity contribution in [3.05, 3.63) is 29.8 Å². The Morgan fingerprint density at radius 3 is 2.44 bits per heavy atom. The summed E-state index contributed by atoms with van der Waals surface area (Å²) in [5.41, 5.74) is 0.939. The number of hydrogen-bond donors (Lipinski definition) is 0. The van der Waals surface area contributed by atoms with Gasteiger partial charge in [-0.2, -0.15) is 0 Å². The molecule has 1 aromatic carbocycles. The van der Waals surface area contributed by atoms with Crippen molar-refractivity contribution in [1.29, 1.82) is 0 Å². The zero-order valence-electron chi connectivity index (χ0n) is 10.0. The second kappa shape index (κ2) is 6.16. The van der Waals surface area contributed by atoms with E-state index in [-0.39, 0.29) is 12.1 Å². The molecule has 3 heteroatoms. The van der Waals surface area contributed by atoms with Gasteiger partial charge in [0.2, 0.25) is 0 Å². The fourth-order valence-electron chi connectivity index (χ4n) is 1.26. The second-order valence-electron chi connectivity index (χ2n) is 3.73. The van der Waals surface area contributed by atoms with E-state index in [0.29, 0.717) is 6.42 Å². The summed E-state index contributed by atoms with van der Waals surface area (Å²) in [6.45, 7) is 3.89. The zero-order valence-corrected chi connectivity index (χ0v) is 10.0. The summed E-state index contributed by atoms with van der Waals surface area (Å²) >= 11 is 0. The average Bonchev–Trinajstić information content (AvgIpc) is 2.29. The van der Waals surface area contributed by atoms with E-state index >= 15 is 0 Å². The van der Waals surface area contributed by atoms with Gasteiger partial charge in [0.25, 0.3) is 0 Å². The van der Waals surface area contributed by atoms with Crippen LogP contribution in [0.3, 0.4) is 0 Å². The summed E-state index contributed by atoms with van der Waals surface area (Å²) in [5, 5.41) is 0. The first kappa shape index (κ1) is 12.6. The predicted octanol–water partition coefficient (Wildman–Crippen LogP) is 2.58. The van der Waals surface area contributed by atoms with Crippen molar-refractivity contribution in [3.63, 3.8) is 0 Å². The van der Waals surface area contributed by atoms with E-state index in [0.717, 1.165) is 17.7 Å². The van der Waals surface area contributed by atoms with E-state index < -0.39 is 0 Å². The molecule has 0 aliphatic heterocycles. The van der Waals surface area contributed by atoms with Crippen LogP contribution in [-0.2, 0) is 16.0 Å². The standard InChI is InChI=1S/C13H18O3/c1-4-10(2)16-13(14)9-11-5-7-12(15-3)8-6-11/h5-8,10H,4,9H2,1-3H3/t10-/m1/s1. The lowest BCUT2D eigenvalue weighted by Crippen LogP contribution is -2.15. The lowest BCUT2D eigenvalue weighted by molar-refractivity contribution is -0.147. The highest BCUT2D eigenvalue weighted by atomic mass is 16.5. The first-order valence-electron chi connectivity index (χ1n) is 5.48. The van der Waals surface area contributed by atoms with E-state index in [9.17, 15) is 4.79 Å². The van der Waals surface area contributed by atoms with Gasteiger partial charge in [-0.1, -0.05) is 19.1 Å². The minimum absolute atomic E-state index is 0.00857. The molecule has 0 bridgehead atoms. The number of carbonyl (C=O) groups is 1. The van der Waals surface area contributed by atoms with Gasteiger partial charge in [0.05, 0.1) is 19.6 Å². The van der Waals surface area contributed by atoms with Gasteiger partial charge in [0.15, 0.2) is 0 Å². The average molecular weight is 222 g/mol. The van der Waals surface area contributed by atoms with Crippen molar-refractivity contribution >= 4 is 5.97 Å². The van der Waals surface area contributed by atoms with Gasteiger partial charge in [-0.15, -0.1) is 0 Å². The number of hydrogen-bond acceptors (Lipinski definition) is 3. The molecule has 0 heterocycles. The van der Waals surface area contributed by atoms with E-state index in [4.69, 9.17) is 9.47 Å². The molecular formula is C13H18O3. The van der Waals surface area contributed by atoms with Crippen molar-refractivity contribution in [2.75, 3.05) is 7.11 Å². The number of benzene rings is 1. The monoisotopic (exact) mass is 222 g/mol. The molecule has 16 heavy (non-hydrogen) atoms. The molecule has 0 fully saturated rings. The molecule has 0 N–H and O–H groups in total. The van der Waals surface area contributed by atoms with E-state index in [2.05, 4.69) is 0 Å². The SMILES string of the molecule is CC[C@@H](C)OC(=O)Cc1ccc(OC)cc1. The van der Waals surface area contributed by atoms with E-state index in [1.807, 2.05) is 38.1 Å². The number of carbonyl (C=O) groups excluding carboxylic acids is 1. The summed E-state index contributed by atoms with van der Waals surface area (Å²) < 4.78 is 10.2. The minimum Gasteiger partial charge on any atom is -0.497 e. The molecule has 88 valence electrons. The first-order valence-corrected chi connectivity index (χ1v) is 5.48. The summed E-state index contributed by atoms with van der Waals surface area (Å²) in [7, 11) is 1.62. The maximum Gasteiger partial charge on any atom is 0.310 e. The van der Waals surface area contributed by atoms with Crippen LogP contribution in [0, 0.1) is 0 Å². The molecule has 0 aliphatic carbocycles. The molecule has 0 unspecified atom stereocenters. The second-order valence-corrected chi connectivity index (χ2v) is 3.73. The minimum atomic E-state index is -0.181. The lowest BCUT2D eigenvalue weighted by atomic mass is 10.1. The Morgan fingerprint density at radius 2 is 1.94 bits per heavy atom. The zero-order chi connectivity index (χ0) is 12.0. The van der Waals surface area contributed by atoms with Crippen molar-refractivity contribution in [2.45, 2.75) is 32.8 Å². The number of esters is 1. The maximum absolute atomic E-state index is 11.5. The Kier molecular flexibility index (Phi) is 4.83. The van der Waals surface area contributed by atoms with Gasteiger partial charge in [-0.25, -0.2) is 0 Å². The highest BCUT2D eigenvalue weighted by Crippen LogP contribution is 2.12. The largest absolute Gasteiger partial charge is 0.497 e. The Labute approximate surface area is 96.4 Å². The quantitative estimate of drug-likeness (QED) is 0.718. The van der Waals surface area contributed by atoms with E-state index in [1.165, 1.54) is 0 Å². The van der Waals surface area contributed by atoms with Gasteiger partial charge in [-0.05, 0) is 31.0 Å². The van der Waals surface area contributed by atoms with Gasteiger partial charge in [-0.3, -0.25) is 4.79 Å². The molecule has 0 saturated heterocycles. The molecule has 0 aliphatic rings. The molecule has 0 amide bonds. The molecule has 1 atom stereocenters. The molecule has 0 spiro atoms. The van der Waals surface area contributed by atoms with Crippen LogP contribution in [0.15, 0.2) is 24.3 Å². The molecule has 0 aromatic heterocycles. The third kappa shape index (κ3) is 3.93. The van der Waals surface area contributed by atoms with Gasteiger partial charge >= 0.3 is 5.97 Å². The van der Waals surface area contributed by atoms with E-state index in [1.54, 1.807) is 7.11 Å². The van der Waals surface area contributed by atoms with Crippen LogP contribution in [-0.4, -0.2) is 19.2 Å². The normalized spacial score (nSPS) is 11.9. The van der Waals surface area contributed by atoms with Crippen LogP contribution in [0.1, 0.15) is 25.8 Å². The Bertz CT molecular complexity index is 330. The van der Waals surface area contributed by atoms with Crippen molar-refractivity contribution in [2.24, 2.45) is 0 Å². The van der Waals surface area contributed by atoms with Crippen LogP contribution in [0.25, 0.3) is 0 Å². The Hall–Kier alpha value is -1.51. The van der Waals surface area contributed by atoms with Crippen LogP contribution < -0.4 is 4.74 Å². The highest BCUT2D eigenvalue weighted by molar-refractivity contribution is 5.72. The molecule has 0 radical (unpaired) electrons. The first-order chi connectivity index (χ1) is 7.65. The molecular weight excluding hydrogens is 204 g/mol. The van der Waals surface area contributed by atoms with Crippen LogP contribution in [0.5, 0.6) is 5.75 Å². The third-order valence-electron chi connectivity index (χ3n) is 2.42. The number of methoxy groups -OCH3 is 1. The molecule has 3 nitrogen and oxygen atoms in total. The van der Waals surface area contributed by atoms with Crippen molar-refractivity contribution < 1.29 is 14.3 Å². The molecule has 1 aromatic rings. The summed E-state index contributed by atoms with van der Waals surface area (Å²) in [5.74, 6) is 0.610. The van der Waals surface area contributed by atoms with Gasteiger partial charge in [0, 0.05) is 0 Å². The van der Waals surface area contributed by atoms with Crippen LogP contribution in [0.4, 0.5) is 0 Å². The molecule has 1 rings (SSSR count). The highest BCUT2D eigenvalue weighted by Gasteiger charge is 2.08. The van der Waals surface area contributed by atoms with Crippen LogP contribution in [0.2, 0.25) is 0 Å².